The Kier molecular flexibility index (Phi) is 5.12. The maximum atomic E-state index is 12.0. The van der Waals surface area contributed by atoms with Gasteiger partial charge in [0.25, 0.3) is 5.91 Å². The van der Waals surface area contributed by atoms with Crippen LogP contribution in [-0.4, -0.2) is 18.5 Å². The van der Waals surface area contributed by atoms with E-state index < -0.39 is 0 Å². The van der Waals surface area contributed by atoms with Crippen LogP contribution in [0.3, 0.4) is 0 Å². The molecule has 0 aliphatic rings. The van der Waals surface area contributed by atoms with Crippen LogP contribution in [0.25, 0.3) is 0 Å². The molecule has 0 radical (unpaired) electrons. The molecule has 0 fully saturated rings. The number of hydrogen-bond donors (Lipinski definition) is 2. The van der Waals surface area contributed by atoms with Crippen molar-refractivity contribution in [2.24, 2.45) is 11.7 Å². The normalized spacial score (nSPS) is 13.4. The van der Waals surface area contributed by atoms with Crippen molar-refractivity contribution in [3.8, 4) is 0 Å². The number of amides is 1. The highest BCUT2D eigenvalue weighted by Crippen LogP contribution is 2.22. The Morgan fingerprint density at radius 3 is 2.16 bits per heavy atom. The standard InChI is InChI=1S/C16H26N2O/c1-11(2)14(17)10-18-15(19)12-6-8-13(9-7-12)16(3,4)5/h6-9,11,14H,10,17H2,1-5H3,(H,18,19). The molecule has 0 aliphatic heterocycles. The Morgan fingerprint density at radius 1 is 1.21 bits per heavy atom. The minimum Gasteiger partial charge on any atom is -0.350 e. The van der Waals surface area contributed by atoms with Gasteiger partial charge in [0.15, 0.2) is 0 Å². The van der Waals surface area contributed by atoms with Gasteiger partial charge < -0.3 is 11.1 Å². The summed E-state index contributed by atoms with van der Waals surface area (Å²) in [5.41, 5.74) is 7.92. The molecule has 0 aromatic heterocycles. The number of nitrogens with one attached hydrogen (secondary N) is 1. The second kappa shape index (κ2) is 6.20. The van der Waals surface area contributed by atoms with Crippen molar-refractivity contribution in [1.29, 1.82) is 0 Å². The molecule has 1 aromatic rings. The highest BCUT2D eigenvalue weighted by Gasteiger charge is 2.15. The molecule has 1 amide bonds. The predicted octanol–water partition coefficient (Wildman–Crippen LogP) is 2.70. The zero-order valence-electron chi connectivity index (χ0n) is 12.7. The summed E-state index contributed by atoms with van der Waals surface area (Å²) in [6.07, 6.45) is 0. The molecule has 0 saturated heterocycles. The monoisotopic (exact) mass is 262 g/mol. The highest BCUT2D eigenvalue weighted by molar-refractivity contribution is 5.94. The second-order valence-corrected chi connectivity index (χ2v) is 6.45. The Labute approximate surface area is 116 Å². The lowest BCUT2D eigenvalue weighted by molar-refractivity contribution is 0.0949. The fourth-order valence-corrected chi connectivity index (χ4v) is 1.67. The van der Waals surface area contributed by atoms with Gasteiger partial charge in [0.2, 0.25) is 0 Å². The van der Waals surface area contributed by atoms with Crippen molar-refractivity contribution in [2.75, 3.05) is 6.54 Å². The molecule has 1 aromatic carbocycles. The van der Waals surface area contributed by atoms with Crippen molar-refractivity contribution in [1.82, 2.24) is 5.32 Å². The summed E-state index contributed by atoms with van der Waals surface area (Å²) in [4.78, 5) is 12.0. The van der Waals surface area contributed by atoms with E-state index in [1.165, 1.54) is 5.56 Å². The molecule has 0 aliphatic carbocycles. The van der Waals surface area contributed by atoms with Crippen LogP contribution < -0.4 is 11.1 Å². The maximum Gasteiger partial charge on any atom is 0.251 e. The smallest absolute Gasteiger partial charge is 0.251 e. The molecule has 19 heavy (non-hydrogen) atoms. The van der Waals surface area contributed by atoms with E-state index in [2.05, 4.69) is 39.9 Å². The number of hydrogen-bond acceptors (Lipinski definition) is 2. The highest BCUT2D eigenvalue weighted by atomic mass is 16.1. The molecule has 3 heteroatoms. The number of benzene rings is 1. The summed E-state index contributed by atoms with van der Waals surface area (Å²) < 4.78 is 0. The molecule has 1 rings (SSSR count). The lowest BCUT2D eigenvalue weighted by Crippen LogP contribution is -2.40. The van der Waals surface area contributed by atoms with Gasteiger partial charge in [0.05, 0.1) is 0 Å². The zero-order valence-corrected chi connectivity index (χ0v) is 12.7. The maximum absolute atomic E-state index is 12.0. The molecule has 3 nitrogen and oxygen atoms in total. The Bertz CT molecular complexity index is 415. The van der Waals surface area contributed by atoms with Gasteiger partial charge in [0, 0.05) is 18.2 Å². The second-order valence-electron chi connectivity index (χ2n) is 6.45. The first-order valence-corrected chi connectivity index (χ1v) is 6.86. The van der Waals surface area contributed by atoms with Gasteiger partial charge in [-0.3, -0.25) is 4.79 Å². The van der Waals surface area contributed by atoms with Crippen molar-refractivity contribution in [3.05, 3.63) is 35.4 Å². The largest absolute Gasteiger partial charge is 0.350 e. The van der Waals surface area contributed by atoms with E-state index in [-0.39, 0.29) is 17.4 Å². The van der Waals surface area contributed by atoms with E-state index in [1.807, 2.05) is 24.3 Å². The zero-order chi connectivity index (χ0) is 14.6. The molecule has 106 valence electrons. The average molecular weight is 262 g/mol. The van der Waals surface area contributed by atoms with Gasteiger partial charge in [-0.2, -0.15) is 0 Å². The topological polar surface area (TPSA) is 55.1 Å². The van der Waals surface area contributed by atoms with Gasteiger partial charge in [-0.15, -0.1) is 0 Å². The summed E-state index contributed by atoms with van der Waals surface area (Å²) in [5, 5.41) is 2.87. The summed E-state index contributed by atoms with van der Waals surface area (Å²) in [5.74, 6) is 0.306. The average Bonchev–Trinajstić information content (AvgIpc) is 2.34. The van der Waals surface area contributed by atoms with Crippen LogP contribution in [0.5, 0.6) is 0 Å². The van der Waals surface area contributed by atoms with Crippen LogP contribution >= 0.6 is 0 Å². The van der Waals surface area contributed by atoms with Crippen LogP contribution in [-0.2, 0) is 5.41 Å². The number of carbonyl (C=O) groups excluding carboxylic acids is 1. The minimum absolute atomic E-state index is 0.00204. The van der Waals surface area contributed by atoms with Gasteiger partial charge in [-0.05, 0) is 29.0 Å². The molecule has 1 atom stereocenters. The molecule has 0 heterocycles. The summed E-state index contributed by atoms with van der Waals surface area (Å²) >= 11 is 0. The SMILES string of the molecule is CC(C)C(N)CNC(=O)c1ccc(C(C)(C)C)cc1. The Hall–Kier alpha value is -1.35. The Morgan fingerprint density at radius 2 is 1.74 bits per heavy atom. The third-order valence-electron chi connectivity index (χ3n) is 3.37. The van der Waals surface area contributed by atoms with Crippen LogP contribution in [0, 0.1) is 5.92 Å². The molecule has 0 spiro atoms. The summed E-state index contributed by atoms with van der Waals surface area (Å²) in [6, 6.07) is 7.76. The molecule has 3 N–H and O–H groups in total. The summed E-state index contributed by atoms with van der Waals surface area (Å²) in [6.45, 7) is 11.1. The number of nitrogens with two attached hydrogens (primary N) is 1. The van der Waals surface area contributed by atoms with E-state index in [0.29, 0.717) is 18.0 Å². The van der Waals surface area contributed by atoms with Crippen LogP contribution in [0.1, 0.15) is 50.5 Å². The van der Waals surface area contributed by atoms with E-state index in [0.717, 1.165) is 0 Å². The van der Waals surface area contributed by atoms with Crippen LogP contribution in [0.2, 0.25) is 0 Å². The van der Waals surface area contributed by atoms with Crippen molar-refractivity contribution < 1.29 is 4.79 Å². The minimum atomic E-state index is -0.0587. The first-order valence-electron chi connectivity index (χ1n) is 6.86. The summed E-state index contributed by atoms with van der Waals surface area (Å²) in [7, 11) is 0. The lowest BCUT2D eigenvalue weighted by atomic mass is 9.87. The fourth-order valence-electron chi connectivity index (χ4n) is 1.67. The van der Waals surface area contributed by atoms with E-state index in [9.17, 15) is 4.79 Å². The van der Waals surface area contributed by atoms with E-state index in [4.69, 9.17) is 5.73 Å². The van der Waals surface area contributed by atoms with Gasteiger partial charge in [-0.25, -0.2) is 0 Å². The van der Waals surface area contributed by atoms with E-state index in [1.54, 1.807) is 0 Å². The van der Waals surface area contributed by atoms with Gasteiger partial charge in [-0.1, -0.05) is 46.8 Å². The molecule has 0 saturated carbocycles. The third kappa shape index (κ3) is 4.67. The number of carbonyl (C=O) groups is 1. The fraction of sp³-hybridized carbons (Fsp3) is 0.562. The van der Waals surface area contributed by atoms with Crippen molar-refractivity contribution in [2.45, 2.75) is 46.1 Å². The first-order chi connectivity index (χ1) is 8.71. The molecular weight excluding hydrogens is 236 g/mol. The predicted molar refractivity (Wildman–Crippen MR) is 80.3 cm³/mol. The lowest BCUT2D eigenvalue weighted by Gasteiger charge is -2.19. The quantitative estimate of drug-likeness (QED) is 0.876. The molecule has 0 bridgehead atoms. The Balaban J connectivity index is 2.64. The van der Waals surface area contributed by atoms with Crippen molar-refractivity contribution >= 4 is 5.91 Å². The van der Waals surface area contributed by atoms with Gasteiger partial charge >= 0.3 is 0 Å². The molecular formula is C16H26N2O. The van der Waals surface area contributed by atoms with Crippen LogP contribution in [0.15, 0.2) is 24.3 Å². The van der Waals surface area contributed by atoms with E-state index >= 15 is 0 Å². The third-order valence-corrected chi connectivity index (χ3v) is 3.37. The van der Waals surface area contributed by atoms with Crippen molar-refractivity contribution in [3.63, 3.8) is 0 Å². The molecule has 1 unspecified atom stereocenters. The van der Waals surface area contributed by atoms with Gasteiger partial charge in [0.1, 0.15) is 0 Å². The number of rotatable bonds is 4. The van der Waals surface area contributed by atoms with Crippen LogP contribution in [0.4, 0.5) is 0 Å². The first kappa shape index (κ1) is 15.7.